The number of rotatable bonds is 2. The first-order chi connectivity index (χ1) is 4.71. The summed E-state index contributed by atoms with van der Waals surface area (Å²) in [5, 5.41) is 0. The van der Waals surface area contributed by atoms with E-state index in [1.807, 2.05) is 0 Å². The summed E-state index contributed by atoms with van der Waals surface area (Å²) in [4.78, 5) is 18.3. The molecule has 11 heavy (non-hydrogen) atoms. The Balaban J connectivity index is 0. The maximum absolute atomic E-state index is 9.14. The van der Waals surface area contributed by atoms with Crippen LogP contribution in [-0.4, -0.2) is 26.7 Å². The third kappa shape index (κ3) is 18.6. The number of hydrogen-bond acceptors (Lipinski definition) is 3. The number of halogens is 2. The van der Waals surface area contributed by atoms with Gasteiger partial charge in [-0.1, -0.05) is 0 Å². The summed E-state index contributed by atoms with van der Waals surface area (Å²) in [7, 11) is -4.96. The summed E-state index contributed by atoms with van der Waals surface area (Å²) in [6, 6.07) is 0. The lowest BCUT2D eigenvalue weighted by Gasteiger charge is -2.23. The molecule has 0 aliphatic rings. The Labute approximate surface area is 93.4 Å². The van der Waals surface area contributed by atoms with Gasteiger partial charge in [0.15, 0.2) is 0 Å². The van der Waals surface area contributed by atoms with E-state index in [0.29, 0.717) is 0 Å². The molecule has 0 fully saturated rings. The van der Waals surface area contributed by atoms with E-state index in [0.717, 1.165) is 0 Å². The summed E-state index contributed by atoms with van der Waals surface area (Å²) in [6.07, 6.45) is 0. The first-order valence-corrected chi connectivity index (χ1v) is 15.0. The lowest BCUT2D eigenvalue weighted by Crippen LogP contribution is -2.44. The molecule has 0 aliphatic heterocycles. The Morgan fingerprint density at radius 1 is 0.909 bits per heavy atom. The minimum atomic E-state index is -2.48. The molecule has 0 aromatic rings. The van der Waals surface area contributed by atoms with Crippen LogP contribution in [0, 0.1) is 0 Å². The molecular weight excluding hydrogens is 406 g/mol. The van der Waals surface area contributed by atoms with E-state index < -0.39 is 17.1 Å². The fourth-order valence-corrected chi connectivity index (χ4v) is 5.50. The van der Waals surface area contributed by atoms with E-state index in [1.54, 1.807) is 26.2 Å². The van der Waals surface area contributed by atoms with Gasteiger partial charge in [-0.2, -0.15) is 0 Å². The SMILES string of the molecule is C[Si](C)(O)O[Si](C)(C)O.II. The van der Waals surface area contributed by atoms with Crippen molar-refractivity contribution in [3.63, 3.8) is 0 Å². The van der Waals surface area contributed by atoms with Crippen molar-refractivity contribution in [3.8, 4) is 0 Å². The maximum atomic E-state index is 9.14. The van der Waals surface area contributed by atoms with E-state index in [9.17, 15) is 0 Å². The third-order valence-corrected chi connectivity index (χ3v) is 4.50. The topological polar surface area (TPSA) is 49.7 Å². The van der Waals surface area contributed by atoms with Crippen molar-refractivity contribution in [1.29, 1.82) is 0 Å². The fourth-order valence-electron chi connectivity index (χ4n) is 0.611. The molecule has 0 aliphatic carbocycles. The second-order valence-corrected chi connectivity index (χ2v) is 9.60. The van der Waals surface area contributed by atoms with Gasteiger partial charge in [0, 0.05) is 37.2 Å². The van der Waals surface area contributed by atoms with Gasteiger partial charge in [-0.15, -0.1) is 0 Å². The van der Waals surface area contributed by atoms with Crippen molar-refractivity contribution in [2.24, 2.45) is 0 Å². The van der Waals surface area contributed by atoms with Crippen LogP contribution < -0.4 is 0 Å². The summed E-state index contributed by atoms with van der Waals surface area (Å²) in [5.41, 5.74) is 0. The van der Waals surface area contributed by atoms with Crippen LogP contribution in [-0.2, 0) is 4.12 Å². The zero-order valence-corrected chi connectivity index (χ0v) is 13.4. The Morgan fingerprint density at radius 2 is 1.09 bits per heavy atom. The highest BCUT2D eigenvalue weighted by Gasteiger charge is 2.30. The zero-order valence-electron chi connectivity index (χ0n) is 7.06. The van der Waals surface area contributed by atoms with Crippen LogP contribution in [0.1, 0.15) is 0 Å². The minimum Gasteiger partial charge on any atom is -0.415 e. The van der Waals surface area contributed by atoms with Crippen molar-refractivity contribution in [2.45, 2.75) is 26.2 Å². The van der Waals surface area contributed by atoms with Gasteiger partial charge in [0.25, 0.3) is 0 Å². The van der Waals surface area contributed by atoms with E-state index in [-0.39, 0.29) is 0 Å². The fraction of sp³-hybridized carbons (Fsp3) is 1.00. The predicted octanol–water partition coefficient (Wildman–Crippen LogP) is 2.16. The normalized spacial score (nSPS) is 12.0. The van der Waals surface area contributed by atoms with Gasteiger partial charge in [-0.3, -0.25) is 0 Å². The van der Waals surface area contributed by atoms with Gasteiger partial charge < -0.3 is 13.7 Å². The van der Waals surface area contributed by atoms with Crippen LogP contribution in [0.15, 0.2) is 0 Å². The molecule has 0 saturated carbocycles. The second kappa shape index (κ2) is 6.26. The highest BCUT2D eigenvalue weighted by Crippen LogP contribution is 2.07. The zero-order chi connectivity index (χ0) is 9.71. The van der Waals surface area contributed by atoms with Crippen molar-refractivity contribution in [1.82, 2.24) is 0 Å². The highest BCUT2D eigenvalue weighted by molar-refractivity contribution is 15.0. The van der Waals surface area contributed by atoms with Crippen LogP contribution in [0.25, 0.3) is 0 Å². The van der Waals surface area contributed by atoms with Gasteiger partial charge in [0.2, 0.25) is 0 Å². The third-order valence-electron chi connectivity index (χ3n) is 0.500. The summed E-state index contributed by atoms with van der Waals surface area (Å²) >= 11 is 4.24. The Morgan fingerprint density at radius 3 is 1.09 bits per heavy atom. The first-order valence-electron chi connectivity index (χ1n) is 3.00. The average molecular weight is 420 g/mol. The molecule has 70 valence electrons. The molecule has 7 heteroatoms. The van der Waals surface area contributed by atoms with E-state index >= 15 is 0 Å². The quantitative estimate of drug-likeness (QED) is 0.532. The van der Waals surface area contributed by atoms with Crippen molar-refractivity contribution in [3.05, 3.63) is 0 Å². The van der Waals surface area contributed by atoms with Crippen molar-refractivity contribution < 1.29 is 13.7 Å². The molecular formula is C4H14I2O3Si2. The molecule has 0 saturated heterocycles. The van der Waals surface area contributed by atoms with Gasteiger partial charge in [-0.25, -0.2) is 0 Å². The summed E-state index contributed by atoms with van der Waals surface area (Å²) in [6.45, 7) is 6.55. The molecule has 0 spiro atoms. The van der Waals surface area contributed by atoms with E-state index in [4.69, 9.17) is 13.7 Å². The summed E-state index contributed by atoms with van der Waals surface area (Å²) < 4.78 is 5.01. The predicted molar refractivity (Wildman–Crippen MR) is 68.5 cm³/mol. The molecule has 0 amide bonds. The molecule has 0 unspecified atom stereocenters. The van der Waals surface area contributed by atoms with Crippen LogP contribution in [0.3, 0.4) is 0 Å². The molecule has 0 radical (unpaired) electrons. The molecule has 0 bridgehead atoms. The summed E-state index contributed by atoms with van der Waals surface area (Å²) in [5.74, 6) is 0. The second-order valence-electron chi connectivity index (χ2n) is 3.00. The Hall–Kier alpha value is 1.77. The van der Waals surface area contributed by atoms with Crippen LogP contribution in [0.4, 0.5) is 0 Å². The lowest BCUT2D eigenvalue weighted by molar-refractivity contribution is 0.322. The van der Waals surface area contributed by atoms with Crippen LogP contribution >= 0.6 is 37.2 Å². The minimum absolute atomic E-state index is 1.64. The van der Waals surface area contributed by atoms with E-state index in [1.165, 1.54) is 0 Å². The molecule has 0 aromatic carbocycles. The van der Waals surface area contributed by atoms with E-state index in [2.05, 4.69) is 37.2 Å². The molecule has 2 N–H and O–H groups in total. The molecule has 0 aromatic heterocycles. The van der Waals surface area contributed by atoms with Crippen LogP contribution in [0.5, 0.6) is 0 Å². The van der Waals surface area contributed by atoms with Crippen molar-refractivity contribution in [2.75, 3.05) is 0 Å². The molecule has 0 heterocycles. The van der Waals surface area contributed by atoms with Crippen LogP contribution in [0.2, 0.25) is 26.2 Å². The Bertz CT molecular complexity index is 86.5. The van der Waals surface area contributed by atoms with Gasteiger partial charge >= 0.3 is 17.1 Å². The monoisotopic (exact) mass is 420 g/mol. The van der Waals surface area contributed by atoms with Gasteiger partial charge in [-0.05, 0) is 26.2 Å². The average Bonchev–Trinajstić information content (AvgIpc) is 1.60. The largest absolute Gasteiger partial charge is 0.415 e. The van der Waals surface area contributed by atoms with Gasteiger partial charge in [0.05, 0.1) is 0 Å². The lowest BCUT2D eigenvalue weighted by atomic mass is 11.9. The molecule has 3 nitrogen and oxygen atoms in total. The molecule has 0 rings (SSSR count). The highest BCUT2D eigenvalue weighted by atomic mass is 128. The van der Waals surface area contributed by atoms with Crippen molar-refractivity contribution >= 4 is 54.4 Å². The maximum Gasteiger partial charge on any atom is 0.320 e. The molecule has 0 atom stereocenters. The standard InChI is InChI=1S/C4H14O3Si2.I2/c1-8(2,5)7-9(3,4)6;1-2/h5-6H,1-4H3;. The van der Waals surface area contributed by atoms with Gasteiger partial charge in [0.1, 0.15) is 0 Å². The number of hydrogen-bond donors (Lipinski definition) is 2. The first kappa shape index (κ1) is 15.3. The smallest absolute Gasteiger partial charge is 0.320 e. The Kier molecular flexibility index (Phi) is 8.68.